The van der Waals surface area contributed by atoms with E-state index in [0.29, 0.717) is 0 Å². The van der Waals surface area contributed by atoms with E-state index in [1.165, 1.54) is 20.3 Å². The van der Waals surface area contributed by atoms with Gasteiger partial charge in [0.1, 0.15) is 0 Å². The molecule has 24 heavy (non-hydrogen) atoms. The van der Waals surface area contributed by atoms with Crippen LogP contribution >= 0.6 is 11.6 Å². The van der Waals surface area contributed by atoms with Crippen molar-refractivity contribution in [2.24, 2.45) is 0 Å². The average Bonchev–Trinajstić information content (AvgIpc) is 2.89. The molecule has 0 spiro atoms. The van der Waals surface area contributed by atoms with Crippen LogP contribution in [0, 0.1) is 0 Å². The topological polar surface area (TPSA) is 104 Å². The largest absolute Gasteiger partial charge is 0.481 e. The Morgan fingerprint density at radius 3 is 2.29 bits per heavy atom. The minimum Gasteiger partial charge on any atom is -0.481 e. The van der Waals surface area contributed by atoms with E-state index >= 15 is 0 Å². The molecule has 0 amide bonds. The fourth-order valence-electron chi connectivity index (χ4n) is 2.06. The van der Waals surface area contributed by atoms with Crippen molar-refractivity contribution in [3.05, 3.63) is 56.3 Å². The van der Waals surface area contributed by atoms with Gasteiger partial charge in [0.2, 0.25) is 11.8 Å². The zero-order chi connectivity index (χ0) is 17.3. The molecule has 0 aliphatic rings. The van der Waals surface area contributed by atoms with E-state index in [2.05, 4.69) is 15.1 Å². The number of nitrogens with one attached hydrogen (secondary N) is 1. The van der Waals surface area contributed by atoms with Gasteiger partial charge in [-0.25, -0.2) is 19.3 Å². The van der Waals surface area contributed by atoms with E-state index in [1.54, 1.807) is 24.3 Å². The number of aromatic nitrogens is 5. The van der Waals surface area contributed by atoms with Crippen LogP contribution in [0.25, 0.3) is 11.6 Å². The molecule has 0 saturated carbocycles. The Morgan fingerprint density at radius 1 is 1.08 bits per heavy atom. The maximum absolute atomic E-state index is 12.6. The summed E-state index contributed by atoms with van der Waals surface area (Å²) in [5.74, 6) is 0.254. The lowest BCUT2D eigenvalue weighted by Crippen LogP contribution is -2.27. The molecule has 3 rings (SSSR count). The maximum atomic E-state index is 12.6. The molecular formula is C14H12ClN5O4. The second-order valence-electron chi connectivity index (χ2n) is 4.57. The Kier molecular flexibility index (Phi) is 4.09. The van der Waals surface area contributed by atoms with Crippen molar-refractivity contribution < 1.29 is 9.47 Å². The molecule has 1 N–H and O–H groups in total. The molecular weight excluding hydrogens is 338 g/mol. The molecule has 0 aliphatic heterocycles. The highest BCUT2D eigenvalue weighted by atomic mass is 35.5. The Bertz CT molecular complexity index is 985. The first-order valence-corrected chi connectivity index (χ1v) is 7.09. The van der Waals surface area contributed by atoms with E-state index in [9.17, 15) is 9.59 Å². The molecule has 124 valence electrons. The van der Waals surface area contributed by atoms with Crippen LogP contribution in [0.4, 0.5) is 0 Å². The third-order valence-electron chi connectivity index (χ3n) is 3.17. The van der Waals surface area contributed by atoms with Crippen LogP contribution in [-0.2, 0) is 0 Å². The average molecular weight is 350 g/mol. The summed E-state index contributed by atoms with van der Waals surface area (Å²) in [6, 6.07) is 7.92. The smallest absolute Gasteiger partial charge is 0.359 e. The SMILES string of the molecule is COc1cc(OC)nc(-n2[nH]c(=O)n(-c3ccccc3Cl)c2=O)n1. The van der Waals surface area contributed by atoms with Crippen LogP contribution in [0.2, 0.25) is 5.02 Å². The number of hydrogen-bond donors (Lipinski definition) is 1. The van der Waals surface area contributed by atoms with E-state index in [0.717, 1.165) is 9.25 Å². The minimum atomic E-state index is -0.705. The van der Waals surface area contributed by atoms with Gasteiger partial charge in [0.05, 0.1) is 31.0 Å². The van der Waals surface area contributed by atoms with Crippen molar-refractivity contribution in [3.8, 4) is 23.4 Å². The monoisotopic (exact) mass is 349 g/mol. The normalized spacial score (nSPS) is 10.6. The molecule has 3 aromatic rings. The van der Waals surface area contributed by atoms with E-state index in [-0.39, 0.29) is 28.4 Å². The van der Waals surface area contributed by atoms with Crippen molar-refractivity contribution >= 4 is 11.6 Å². The first-order valence-electron chi connectivity index (χ1n) is 6.71. The van der Waals surface area contributed by atoms with Gasteiger partial charge < -0.3 is 9.47 Å². The molecule has 0 bridgehead atoms. The predicted molar refractivity (Wildman–Crippen MR) is 85.7 cm³/mol. The Morgan fingerprint density at radius 2 is 1.71 bits per heavy atom. The maximum Gasteiger partial charge on any atom is 0.359 e. The van der Waals surface area contributed by atoms with Crippen molar-refractivity contribution in [1.82, 2.24) is 24.3 Å². The fourth-order valence-corrected chi connectivity index (χ4v) is 2.28. The lowest BCUT2D eigenvalue weighted by atomic mass is 10.3. The highest BCUT2D eigenvalue weighted by Gasteiger charge is 2.17. The highest BCUT2D eigenvalue weighted by molar-refractivity contribution is 6.32. The zero-order valence-electron chi connectivity index (χ0n) is 12.7. The number of benzene rings is 1. The Labute approximate surface area is 140 Å². The van der Waals surface area contributed by atoms with Crippen molar-refractivity contribution in [3.63, 3.8) is 0 Å². The number of H-pyrrole nitrogens is 1. The second kappa shape index (κ2) is 6.20. The number of ether oxygens (including phenoxy) is 2. The quantitative estimate of drug-likeness (QED) is 0.746. The van der Waals surface area contributed by atoms with Gasteiger partial charge in [-0.2, -0.15) is 14.6 Å². The van der Waals surface area contributed by atoms with Crippen LogP contribution in [0.3, 0.4) is 0 Å². The van der Waals surface area contributed by atoms with Gasteiger partial charge in [-0.1, -0.05) is 23.7 Å². The van der Waals surface area contributed by atoms with E-state index < -0.39 is 11.4 Å². The number of hydrogen-bond acceptors (Lipinski definition) is 6. The van der Waals surface area contributed by atoms with Crippen molar-refractivity contribution in [2.45, 2.75) is 0 Å². The standard InChI is InChI=1S/C14H12ClN5O4/c1-23-10-7-11(24-2)17-12(16-10)20-14(22)19(13(21)18-20)9-6-4-3-5-8(9)15/h3-7H,1-2H3,(H,18,21). The van der Waals surface area contributed by atoms with Crippen molar-refractivity contribution in [1.29, 1.82) is 0 Å². The minimum absolute atomic E-state index is 0.0981. The Balaban J connectivity index is 2.23. The lowest BCUT2D eigenvalue weighted by molar-refractivity contribution is 0.369. The molecule has 2 heterocycles. The number of methoxy groups -OCH3 is 2. The summed E-state index contributed by atoms with van der Waals surface area (Å²) in [5, 5.41) is 2.63. The van der Waals surface area contributed by atoms with Crippen LogP contribution in [0.5, 0.6) is 11.8 Å². The first kappa shape index (κ1) is 15.8. The molecule has 0 radical (unpaired) electrons. The number of para-hydroxylation sites is 1. The van der Waals surface area contributed by atoms with Gasteiger partial charge in [0, 0.05) is 0 Å². The Hall–Kier alpha value is -3.07. The molecule has 0 atom stereocenters. The summed E-state index contributed by atoms with van der Waals surface area (Å²) < 4.78 is 11.8. The van der Waals surface area contributed by atoms with E-state index in [4.69, 9.17) is 21.1 Å². The van der Waals surface area contributed by atoms with E-state index in [1.807, 2.05) is 0 Å². The molecule has 10 heteroatoms. The summed E-state index contributed by atoms with van der Waals surface area (Å²) in [5.41, 5.74) is -1.14. The number of aromatic amines is 1. The molecule has 2 aromatic heterocycles. The third kappa shape index (κ3) is 2.65. The van der Waals surface area contributed by atoms with Crippen LogP contribution in [0.15, 0.2) is 39.9 Å². The molecule has 0 fully saturated rings. The molecule has 0 saturated heterocycles. The van der Waals surface area contributed by atoms with Crippen LogP contribution in [0.1, 0.15) is 0 Å². The predicted octanol–water partition coefficient (Wildman–Crippen LogP) is 0.777. The van der Waals surface area contributed by atoms with Gasteiger partial charge in [-0.3, -0.25) is 0 Å². The molecule has 9 nitrogen and oxygen atoms in total. The second-order valence-corrected chi connectivity index (χ2v) is 4.98. The van der Waals surface area contributed by atoms with Crippen LogP contribution in [-0.4, -0.2) is 38.5 Å². The molecule has 1 aromatic carbocycles. The highest BCUT2D eigenvalue weighted by Crippen LogP contribution is 2.18. The molecule has 0 unspecified atom stereocenters. The number of nitrogens with zero attached hydrogens (tertiary/aromatic N) is 4. The third-order valence-corrected chi connectivity index (χ3v) is 3.49. The van der Waals surface area contributed by atoms with Gasteiger partial charge >= 0.3 is 11.4 Å². The number of halogens is 1. The van der Waals surface area contributed by atoms with Gasteiger partial charge in [-0.05, 0) is 12.1 Å². The van der Waals surface area contributed by atoms with Crippen LogP contribution < -0.4 is 20.9 Å². The summed E-state index contributed by atoms with van der Waals surface area (Å²) in [6.45, 7) is 0. The van der Waals surface area contributed by atoms with Gasteiger partial charge in [0.15, 0.2) is 0 Å². The zero-order valence-corrected chi connectivity index (χ0v) is 13.4. The lowest BCUT2D eigenvalue weighted by Gasteiger charge is -2.05. The van der Waals surface area contributed by atoms with Crippen molar-refractivity contribution in [2.75, 3.05) is 14.2 Å². The summed E-state index contributed by atoms with van der Waals surface area (Å²) >= 11 is 6.06. The summed E-state index contributed by atoms with van der Waals surface area (Å²) in [7, 11) is 2.82. The fraction of sp³-hybridized carbons (Fsp3) is 0.143. The molecule has 0 aliphatic carbocycles. The summed E-state index contributed by atoms with van der Waals surface area (Å²) in [4.78, 5) is 32.9. The van der Waals surface area contributed by atoms with Gasteiger partial charge in [0.25, 0.3) is 5.95 Å². The van der Waals surface area contributed by atoms with Gasteiger partial charge in [-0.15, -0.1) is 0 Å². The first-order chi connectivity index (χ1) is 11.5. The summed E-state index contributed by atoms with van der Waals surface area (Å²) in [6.07, 6.45) is 0. The number of rotatable bonds is 4.